The second kappa shape index (κ2) is 8.26. The van der Waals surface area contributed by atoms with E-state index in [1.165, 1.54) is 24.3 Å². The number of aromatic hydroxyl groups is 1. The van der Waals surface area contributed by atoms with E-state index in [4.69, 9.17) is 23.2 Å². The monoisotopic (exact) mass is 465 g/mol. The van der Waals surface area contributed by atoms with Crippen LogP contribution in [-0.2, 0) is 20.7 Å². The molecular formula is C23H25Cl2NO3S. The molecule has 0 radical (unpaired) electrons. The number of allylic oxidation sites excluding steroid dienone is 1. The molecule has 160 valence electrons. The summed E-state index contributed by atoms with van der Waals surface area (Å²) in [6.45, 7) is 11.9. The van der Waals surface area contributed by atoms with Gasteiger partial charge in [-0.05, 0) is 46.7 Å². The summed E-state index contributed by atoms with van der Waals surface area (Å²) in [6.07, 6.45) is 1.19. The van der Waals surface area contributed by atoms with Gasteiger partial charge in [-0.25, -0.2) is 8.42 Å². The summed E-state index contributed by atoms with van der Waals surface area (Å²) in [5.74, 6) is -0.0596. The minimum absolute atomic E-state index is 0.0383. The van der Waals surface area contributed by atoms with Crippen LogP contribution in [0.1, 0.15) is 58.2 Å². The van der Waals surface area contributed by atoms with Crippen LogP contribution in [0, 0.1) is 11.3 Å². The molecule has 2 rings (SSSR count). The molecule has 1 N–H and O–H groups in total. The van der Waals surface area contributed by atoms with Crippen molar-refractivity contribution in [1.29, 1.82) is 5.26 Å². The van der Waals surface area contributed by atoms with Gasteiger partial charge in [0.2, 0.25) is 9.84 Å². The minimum atomic E-state index is -4.24. The Bertz CT molecular complexity index is 1160. The number of hydrogen-bond acceptors (Lipinski definition) is 4. The Morgan fingerprint density at radius 3 is 2.13 bits per heavy atom. The van der Waals surface area contributed by atoms with Gasteiger partial charge in [-0.3, -0.25) is 0 Å². The normalized spacial score (nSPS) is 13.2. The molecule has 0 saturated heterocycles. The molecule has 0 aliphatic rings. The van der Waals surface area contributed by atoms with Crippen LogP contribution in [-0.4, -0.2) is 13.5 Å². The Hall–Kier alpha value is -2.00. The molecule has 0 aliphatic carbocycles. The maximum atomic E-state index is 13.1. The van der Waals surface area contributed by atoms with E-state index < -0.39 is 20.2 Å². The summed E-state index contributed by atoms with van der Waals surface area (Å²) in [6, 6.07) is 9.40. The van der Waals surface area contributed by atoms with Gasteiger partial charge in [-0.15, -0.1) is 0 Å². The van der Waals surface area contributed by atoms with Crippen molar-refractivity contribution in [3.63, 3.8) is 0 Å². The molecule has 0 aromatic heterocycles. The highest BCUT2D eigenvalue weighted by atomic mass is 35.5. The number of halogens is 2. The third kappa shape index (κ3) is 5.00. The van der Waals surface area contributed by atoms with E-state index in [1.54, 1.807) is 12.1 Å². The largest absolute Gasteiger partial charge is 0.507 e. The van der Waals surface area contributed by atoms with Gasteiger partial charge in [-0.2, -0.15) is 5.26 Å². The number of sulfone groups is 1. The van der Waals surface area contributed by atoms with Crippen molar-refractivity contribution >= 4 is 39.1 Å². The van der Waals surface area contributed by atoms with Crippen LogP contribution in [0.15, 0.2) is 40.1 Å². The number of nitrogens with zero attached hydrogens (tertiary/aromatic N) is 1. The average Bonchev–Trinajstić information content (AvgIpc) is 2.60. The molecule has 0 heterocycles. The van der Waals surface area contributed by atoms with Gasteiger partial charge < -0.3 is 5.11 Å². The van der Waals surface area contributed by atoms with Crippen LogP contribution in [0.5, 0.6) is 5.75 Å². The second-order valence-corrected chi connectivity index (χ2v) is 11.9. The zero-order valence-corrected chi connectivity index (χ0v) is 20.2. The number of phenols is 1. The van der Waals surface area contributed by atoms with E-state index in [-0.39, 0.29) is 31.7 Å². The fraction of sp³-hybridized carbons (Fsp3) is 0.348. The Kier molecular flexibility index (Phi) is 6.68. The number of nitriles is 1. The van der Waals surface area contributed by atoms with E-state index in [2.05, 4.69) is 0 Å². The lowest BCUT2D eigenvalue weighted by molar-refractivity contribution is 0.443. The third-order valence-electron chi connectivity index (χ3n) is 4.68. The zero-order chi connectivity index (χ0) is 23.1. The molecule has 0 spiro atoms. The predicted octanol–water partition coefficient (Wildman–Crippen LogP) is 6.63. The summed E-state index contributed by atoms with van der Waals surface area (Å²) in [7, 11) is -4.24. The molecule has 0 saturated carbocycles. The van der Waals surface area contributed by atoms with Gasteiger partial charge in [-0.1, -0.05) is 70.8 Å². The zero-order valence-electron chi connectivity index (χ0n) is 17.8. The first-order valence-electron chi connectivity index (χ1n) is 9.29. The standard InChI is InChI=1S/C23H25Cl2NO3S/c1-22(2,3)15-9-14(21(27)18(11-15)23(4,5)6)10-17(13-26)30(28,29)20-12-16(24)7-8-19(20)25/h7-12,27H,1-6H3. The molecule has 0 aliphatic heterocycles. The summed E-state index contributed by atoms with van der Waals surface area (Å²) >= 11 is 12.0. The molecule has 0 bridgehead atoms. The summed E-state index contributed by atoms with van der Waals surface area (Å²) in [5, 5.41) is 20.7. The second-order valence-electron chi connectivity index (χ2n) is 9.16. The van der Waals surface area contributed by atoms with Gasteiger partial charge in [0.1, 0.15) is 16.7 Å². The van der Waals surface area contributed by atoms with Gasteiger partial charge in [0.05, 0.1) is 9.92 Å². The van der Waals surface area contributed by atoms with Crippen LogP contribution in [0.2, 0.25) is 10.0 Å². The lowest BCUT2D eigenvalue weighted by Gasteiger charge is -2.27. The lowest BCUT2D eigenvalue weighted by Crippen LogP contribution is -2.17. The lowest BCUT2D eigenvalue weighted by atomic mass is 9.79. The predicted molar refractivity (Wildman–Crippen MR) is 123 cm³/mol. The van der Waals surface area contributed by atoms with Crippen LogP contribution in [0.25, 0.3) is 6.08 Å². The quantitative estimate of drug-likeness (QED) is 0.515. The Balaban J connectivity index is 2.82. The van der Waals surface area contributed by atoms with E-state index in [1.807, 2.05) is 47.6 Å². The van der Waals surface area contributed by atoms with Crippen LogP contribution < -0.4 is 0 Å². The van der Waals surface area contributed by atoms with Crippen molar-refractivity contribution < 1.29 is 13.5 Å². The van der Waals surface area contributed by atoms with Crippen molar-refractivity contribution in [2.45, 2.75) is 57.3 Å². The van der Waals surface area contributed by atoms with Crippen molar-refractivity contribution in [3.8, 4) is 11.8 Å². The molecule has 0 atom stereocenters. The first-order chi connectivity index (χ1) is 13.6. The maximum absolute atomic E-state index is 13.1. The summed E-state index contributed by atoms with van der Waals surface area (Å²) < 4.78 is 26.2. The van der Waals surface area contributed by atoms with Crippen LogP contribution >= 0.6 is 23.2 Å². The topological polar surface area (TPSA) is 78.2 Å². The molecule has 2 aromatic carbocycles. The molecule has 0 unspecified atom stereocenters. The number of benzene rings is 2. The third-order valence-corrected chi connectivity index (χ3v) is 7.06. The molecule has 4 nitrogen and oxygen atoms in total. The summed E-state index contributed by atoms with van der Waals surface area (Å²) in [5.41, 5.74) is 1.18. The minimum Gasteiger partial charge on any atom is -0.507 e. The van der Waals surface area contributed by atoms with E-state index in [0.29, 0.717) is 5.56 Å². The van der Waals surface area contributed by atoms with Gasteiger partial charge >= 0.3 is 0 Å². The number of rotatable bonds is 3. The van der Waals surface area contributed by atoms with Crippen LogP contribution in [0.3, 0.4) is 0 Å². The Labute approximate surface area is 188 Å². The molecule has 0 amide bonds. The first-order valence-corrected chi connectivity index (χ1v) is 11.5. The van der Waals surface area contributed by atoms with E-state index in [9.17, 15) is 18.8 Å². The smallest absolute Gasteiger partial charge is 0.218 e. The first kappa shape index (κ1) is 24.3. The van der Waals surface area contributed by atoms with Crippen molar-refractivity contribution in [1.82, 2.24) is 0 Å². The number of phenolic OH excluding ortho intramolecular Hbond substituents is 1. The molecular weight excluding hydrogens is 441 g/mol. The van der Waals surface area contributed by atoms with Crippen molar-refractivity contribution in [2.75, 3.05) is 0 Å². The van der Waals surface area contributed by atoms with Gasteiger partial charge in [0, 0.05) is 16.1 Å². The van der Waals surface area contributed by atoms with Gasteiger partial charge in [0.25, 0.3) is 0 Å². The van der Waals surface area contributed by atoms with Crippen molar-refractivity contribution in [2.24, 2.45) is 0 Å². The molecule has 0 fully saturated rings. The molecule has 2 aromatic rings. The highest BCUT2D eigenvalue weighted by Crippen LogP contribution is 2.39. The summed E-state index contributed by atoms with van der Waals surface area (Å²) in [4.78, 5) is -0.792. The number of hydrogen-bond donors (Lipinski definition) is 1. The van der Waals surface area contributed by atoms with E-state index >= 15 is 0 Å². The Morgan fingerprint density at radius 2 is 1.63 bits per heavy atom. The fourth-order valence-corrected chi connectivity index (χ4v) is 4.79. The average molecular weight is 466 g/mol. The maximum Gasteiger partial charge on any atom is 0.218 e. The van der Waals surface area contributed by atoms with E-state index in [0.717, 1.165) is 5.56 Å². The Morgan fingerprint density at radius 1 is 1.03 bits per heavy atom. The highest BCUT2D eigenvalue weighted by Gasteiger charge is 2.27. The molecule has 30 heavy (non-hydrogen) atoms. The van der Waals surface area contributed by atoms with Crippen LogP contribution in [0.4, 0.5) is 0 Å². The van der Waals surface area contributed by atoms with Gasteiger partial charge in [0.15, 0.2) is 0 Å². The SMILES string of the molecule is CC(C)(C)c1cc(C=C(C#N)S(=O)(=O)c2cc(Cl)ccc2Cl)c(O)c(C(C)(C)C)c1. The fourth-order valence-electron chi connectivity index (χ4n) is 2.88. The highest BCUT2D eigenvalue weighted by molar-refractivity contribution is 7.95. The molecule has 7 heteroatoms. The van der Waals surface area contributed by atoms with Crippen molar-refractivity contribution in [3.05, 3.63) is 62.0 Å².